The Morgan fingerprint density at radius 1 is 1.02 bits per heavy atom. The number of nitriles is 1. The van der Waals surface area contributed by atoms with Crippen LogP contribution in [0.3, 0.4) is 0 Å². The van der Waals surface area contributed by atoms with Gasteiger partial charge in [0.05, 0.1) is 42.3 Å². The Morgan fingerprint density at radius 3 is 2.37 bits per heavy atom. The van der Waals surface area contributed by atoms with Gasteiger partial charge in [-0.05, 0) is 47.8 Å². The lowest BCUT2D eigenvalue weighted by Crippen LogP contribution is -2.49. The molecule has 0 bridgehead atoms. The Morgan fingerprint density at radius 2 is 1.74 bits per heavy atom. The first kappa shape index (κ1) is 34.9. The van der Waals surface area contributed by atoms with Gasteiger partial charge in [-0.25, -0.2) is 24.0 Å². The summed E-state index contributed by atoms with van der Waals surface area (Å²) >= 11 is 6.44. The molecular formula is C32H39ClFN7O4Si. The normalized spacial score (nSPS) is 13.3. The maximum atomic E-state index is 13.5. The van der Waals surface area contributed by atoms with Crippen molar-refractivity contribution in [3.8, 4) is 17.6 Å². The molecule has 4 aromatic rings. The first-order valence-corrected chi connectivity index (χ1v) is 17.6. The lowest BCUT2D eigenvalue weighted by Gasteiger charge is -2.42. The second kappa shape index (κ2) is 15.1. The number of pyridine rings is 1. The van der Waals surface area contributed by atoms with Crippen molar-refractivity contribution in [1.29, 1.82) is 5.26 Å². The summed E-state index contributed by atoms with van der Waals surface area (Å²) in [6.45, 7) is 15.4. The number of aromatic nitrogens is 5. The van der Waals surface area contributed by atoms with Gasteiger partial charge in [0.15, 0.2) is 14.0 Å². The van der Waals surface area contributed by atoms with E-state index in [2.05, 4.69) is 73.0 Å². The number of hydrogen-bond donors (Lipinski definition) is 1. The fourth-order valence-electron chi connectivity index (χ4n) is 5.92. The molecule has 1 aromatic carbocycles. The minimum Gasteiger partial charge on any atom is -0.461 e. The number of carbonyl (C=O) groups excluding carboxylic acids is 1. The molecule has 0 saturated heterocycles. The summed E-state index contributed by atoms with van der Waals surface area (Å²) in [5.41, 5.74) is 2.17. The molecule has 1 amide bonds. The van der Waals surface area contributed by atoms with E-state index in [0.29, 0.717) is 50.5 Å². The highest BCUT2D eigenvalue weighted by atomic mass is 35.5. The van der Waals surface area contributed by atoms with Gasteiger partial charge in [-0.15, -0.1) is 0 Å². The van der Waals surface area contributed by atoms with Crippen molar-refractivity contribution in [3.63, 3.8) is 0 Å². The van der Waals surface area contributed by atoms with E-state index in [-0.39, 0.29) is 24.4 Å². The van der Waals surface area contributed by atoms with Crippen molar-refractivity contribution in [2.75, 3.05) is 18.5 Å². The number of nitrogens with one attached hydrogen (secondary N) is 1. The summed E-state index contributed by atoms with van der Waals surface area (Å²) in [5, 5.41) is 17.4. The third-order valence-electron chi connectivity index (χ3n) is 7.98. The Hall–Kier alpha value is -3.96. The molecule has 3 aromatic heterocycles. The molecule has 0 aliphatic rings. The van der Waals surface area contributed by atoms with E-state index in [1.165, 1.54) is 29.3 Å². The highest BCUT2D eigenvalue weighted by Crippen LogP contribution is 2.42. The molecular weight excluding hydrogens is 629 g/mol. The number of ether oxygens (including phenoxy) is 2. The molecule has 244 valence electrons. The predicted molar refractivity (Wildman–Crippen MR) is 176 cm³/mol. The fraction of sp³-hybridized carbons (Fsp3) is 0.438. The van der Waals surface area contributed by atoms with Gasteiger partial charge >= 0.3 is 0 Å². The molecule has 0 radical (unpaired) electrons. The topological polar surface area (TPSA) is 137 Å². The number of carbonyl (C=O) groups is 1. The lowest BCUT2D eigenvalue weighted by molar-refractivity contribution is -0.127. The van der Waals surface area contributed by atoms with Crippen LogP contribution in [0.2, 0.25) is 21.6 Å². The van der Waals surface area contributed by atoms with Crippen LogP contribution in [0.1, 0.15) is 54.0 Å². The van der Waals surface area contributed by atoms with Crippen molar-refractivity contribution in [2.24, 2.45) is 0 Å². The summed E-state index contributed by atoms with van der Waals surface area (Å²) < 4.78 is 33.9. The summed E-state index contributed by atoms with van der Waals surface area (Å²) in [6.07, 6.45) is 2.18. The summed E-state index contributed by atoms with van der Waals surface area (Å²) in [5.74, 6) is -0.918. The SMILES string of the molecule is CC(CO[Si](C(C)C)(C(C)C)C(C)C)OC[C@H](Oc1ncnc2c1cnn2-c1c(Cl)cccc1C#N)C(=O)Nc1ccc(F)cn1. The second-order valence-electron chi connectivity index (χ2n) is 12.0. The third kappa shape index (κ3) is 7.53. The van der Waals surface area contributed by atoms with E-state index < -0.39 is 26.1 Å². The summed E-state index contributed by atoms with van der Waals surface area (Å²) in [4.78, 5) is 26.0. The van der Waals surface area contributed by atoms with Crippen LogP contribution in [0.5, 0.6) is 5.88 Å². The fourth-order valence-corrected chi connectivity index (χ4v) is 11.7. The van der Waals surface area contributed by atoms with Crippen molar-refractivity contribution in [2.45, 2.75) is 77.3 Å². The maximum Gasteiger partial charge on any atom is 0.269 e. The van der Waals surface area contributed by atoms with Gasteiger partial charge in [0.25, 0.3) is 5.91 Å². The quantitative estimate of drug-likeness (QED) is 0.143. The first-order valence-electron chi connectivity index (χ1n) is 15.1. The number of amides is 1. The molecule has 14 heteroatoms. The summed E-state index contributed by atoms with van der Waals surface area (Å²) in [7, 11) is -2.14. The zero-order valence-corrected chi connectivity index (χ0v) is 28.7. The van der Waals surface area contributed by atoms with E-state index in [0.717, 1.165) is 6.20 Å². The molecule has 0 spiro atoms. The molecule has 1 N–H and O–H groups in total. The number of nitrogens with zero attached hydrogens (tertiary/aromatic N) is 6. The Kier molecular flexibility index (Phi) is 11.4. The number of fused-ring (bicyclic) bond motifs is 1. The number of anilines is 1. The van der Waals surface area contributed by atoms with Crippen LogP contribution in [0.25, 0.3) is 16.7 Å². The molecule has 0 fully saturated rings. The zero-order chi connectivity index (χ0) is 33.6. The molecule has 2 atom stereocenters. The monoisotopic (exact) mass is 667 g/mol. The van der Waals surface area contributed by atoms with E-state index in [4.69, 9.17) is 25.5 Å². The molecule has 0 aliphatic heterocycles. The molecule has 1 unspecified atom stereocenters. The first-order chi connectivity index (χ1) is 21.9. The van der Waals surface area contributed by atoms with Crippen molar-refractivity contribution in [3.05, 3.63) is 65.5 Å². The highest BCUT2D eigenvalue weighted by Gasteiger charge is 2.45. The zero-order valence-electron chi connectivity index (χ0n) is 27.0. The highest BCUT2D eigenvalue weighted by molar-refractivity contribution is 6.77. The van der Waals surface area contributed by atoms with Gasteiger partial charge in [-0.1, -0.05) is 59.2 Å². The summed E-state index contributed by atoms with van der Waals surface area (Å²) in [6, 6.07) is 9.59. The maximum absolute atomic E-state index is 13.5. The Labute approximate surface area is 274 Å². The van der Waals surface area contributed by atoms with E-state index in [1.54, 1.807) is 18.2 Å². The van der Waals surface area contributed by atoms with Crippen LogP contribution in [-0.2, 0) is 14.0 Å². The number of para-hydroxylation sites is 1. The number of benzene rings is 1. The number of halogens is 2. The van der Waals surface area contributed by atoms with Gasteiger partial charge in [0.1, 0.15) is 35.1 Å². The van der Waals surface area contributed by atoms with E-state index in [1.807, 2.05) is 6.92 Å². The smallest absolute Gasteiger partial charge is 0.269 e. The molecule has 46 heavy (non-hydrogen) atoms. The van der Waals surface area contributed by atoms with Crippen LogP contribution in [0, 0.1) is 17.1 Å². The Balaban J connectivity index is 1.60. The molecule has 11 nitrogen and oxygen atoms in total. The lowest BCUT2D eigenvalue weighted by atomic mass is 10.2. The molecule has 0 saturated carbocycles. The van der Waals surface area contributed by atoms with Crippen LogP contribution in [-0.4, -0.2) is 64.4 Å². The van der Waals surface area contributed by atoms with Gasteiger partial charge in [-0.2, -0.15) is 10.4 Å². The standard InChI is InChI=1S/C32H39ClFN7O4Si/c1-19(2)46(20(3)4,21(5)6)44-16-22(7)43-17-27(31(42)40-28-12-11-24(34)14-36-28)45-32-25-15-39-41(30(25)37-18-38-32)29-23(13-35)9-8-10-26(29)33/h8-12,14-15,18-22,27H,16-17H2,1-7H3,(H,36,40,42)/t22?,27-/m0/s1. The average molecular weight is 668 g/mol. The van der Waals surface area contributed by atoms with Crippen LogP contribution in [0.15, 0.2) is 49.1 Å². The third-order valence-corrected chi connectivity index (χ3v) is 14.4. The van der Waals surface area contributed by atoms with Crippen LogP contribution in [0.4, 0.5) is 10.2 Å². The van der Waals surface area contributed by atoms with Gasteiger partial charge in [-0.3, -0.25) is 4.79 Å². The van der Waals surface area contributed by atoms with Crippen LogP contribution < -0.4 is 10.1 Å². The number of hydrogen-bond acceptors (Lipinski definition) is 9. The predicted octanol–water partition coefficient (Wildman–Crippen LogP) is 6.86. The minimum absolute atomic E-state index is 0.0624. The second-order valence-corrected chi connectivity index (χ2v) is 17.8. The van der Waals surface area contributed by atoms with Crippen molar-refractivity contribution >= 4 is 42.7 Å². The molecule has 4 rings (SSSR count). The van der Waals surface area contributed by atoms with Gasteiger partial charge in [0.2, 0.25) is 12.0 Å². The van der Waals surface area contributed by atoms with Gasteiger partial charge < -0.3 is 19.2 Å². The molecule has 0 aliphatic carbocycles. The van der Waals surface area contributed by atoms with E-state index >= 15 is 0 Å². The number of rotatable bonds is 14. The van der Waals surface area contributed by atoms with Crippen LogP contribution >= 0.6 is 11.6 Å². The van der Waals surface area contributed by atoms with Gasteiger partial charge in [0, 0.05) is 0 Å². The van der Waals surface area contributed by atoms with E-state index in [9.17, 15) is 14.4 Å². The van der Waals surface area contributed by atoms with Crippen molar-refractivity contribution in [1.82, 2.24) is 24.7 Å². The Bertz CT molecular complexity index is 1670. The minimum atomic E-state index is -2.14. The van der Waals surface area contributed by atoms with Crippen molar-refractivity contribution < 1.29 is 23.1 Å². The molecule has 3 heterocycles. The average Bonchev–Trinajstić information content (AvgIpc) is 3.44. The largest absolute Gasteiger partial charge is 0.461 e.